The fourth-order valence-electron chi connectivity index (χ4n) is 16.7. The van der Waals surface area contributed by atoms with E-state index < -0.39 is 0 Å². The number of pyridine rings is 1. The summed E-state index contributed by atoms with van der Waals surface area (Å²) < 4.78 is 23.5. The number of carbonyl (C=O) groups is 4. The van der Waals surface area contributed by atoms with Crippen molar-refractivity contribution in [3.05, 3.63) is 311 Å². The summed E-state index contributed by atoms with van der Waals surface area (Å²) in [4.78, 5) is 107. The molecule has 0 radical (unpaired) electrons. The van der Waals surface area contributed by atoms with Crippen LogP contribution < -0.4 is 47.5 Å². The summed E-state index contributed by atoms with van der Waals surface area (Å²) >= 11 is 1.31. The first-order valence-electron chi connectivity index (χ1n) is 44.8. The van der Waals surface area contributed by atoms with Gasteiger partial charge in [0, 0.05) is 121 Å². The van der Waals surface area contributed by atoms with Gasteiger partial charge >= 0.3 is 34.2 Å². The largest absolute Gasteiger partial charge is 0.421 e. The van der Waals surface area contributed by atoms with Crippen molar-refractivity contribution in [1.82, 2.24) is 38.4 Å². The van der Waals surface area contributed by atoms with E-state index in [9.17, 15) is 38.4 Å². The van der Waals surface area contributed by atoms with E-state index in [1.807, 2.05) is 284 Å². The molecule has 0 saturated carbocycles. The number of hydrogen-bond donors (Lipinski definition) is 2. The molecule has 15 aromatic rings. The Balaban J connectivity index is 0.000000132. The number of rotatable bonds is 9. The minimum absolute atomic E-state index is 0.00120. The lowest BCUT2D eigenvalue weighted by molar-refractivity contribution is -0.133. The highest BCUT2D eigenvalue weighted by atomic mass is 32.1. The molecule has 6 amide bonds. The summed E-state index contributed by atoms with van der Waals surface area (Å²) in [6.07, 6.45) is 6.30. The van der Waals surface area contributed by atoms with E-state index in [-0.39, 0.29) is 88.3 Å². The zero-order chi connectivity index (χ0) is 92.6. The SMILES string of the molecule is CC(C)N1C(=O)CCc2ccccc21.CC(C)N1C(=O)NCc2ccccc21.CC(C)N1CCCc2ccccc21.CC(C)N1Cc2ccccc2CC1=O.CC(C)N1Cc2ccccc2NC1=O.CC(C)n1c(=O)oc2c3ccccc3ccc21.CC(C)n1c(=O)oc2ccc3ccccc3c21.CC(C)n1c(=O)oc2cccnc21.CC(C)n1c(=O)sc2ccccc21. The van der Waals surface area contributed by atoms with Gasteiger partial charge in [-0.2, -0.15) is 0 Å². The van der Waals surface area contributed by atoms with Gasteiger partial charge in [-0.3, -0.25) is 37.6 Å². The standard InChI is InChI=1S/2C14H13NO2.2C12H15NO.C12H17N.2C11H14N2O.C10H11NOS.C9H10N2O2/c1-9(2)15-13-11-6-4-3-5-10(11)7-8-12(13)17-14(15)16;1-9(2)15-12-8-7-10-5-3-4-6-11(10)13(12)17-14(15)16;1-9(2)13-8-11-6-4-3-5-10(11)7-12(13)14;1-9(2)13-11-6-4-3-5-10(11)7-8-12(13)14;1-10(2)13-9-5-7-11-6-3-4-8-12(11)13;1-8(2)13-7-9-5-3-4-6-10(9)12-11(13)14;1-8(2)13-10-6-4-3-5-9(10)7-12-11(13)14;1-7(2)11-8-5-3-4-6-9(8)13-10(11)12;1-6(2)11-8-7(13-9(11)12)4-3-5-10-8/h2*3-9H,1-2H3;2*3-6,9H,7-8H2,1-2H3;3-4,6,8,10H,5,7,9H2,1-2H3;2*3-6,8H,7H2,1-2H3,(H,12,14);3-7H,1-2H3;3-6H,1-2H3. The molecular formula is C105H122N12O11S. The number of para-hydroxylation sites is 5. The number of anilines is 4. The lowest BCUT2D eigenvalue weighted by atomic mass is 9.98. The number of amides is 6. The van der Waals surface area contributed by atoms with Crippen LogP contribution in [0.25, 0.3) is 65.2 Å². The molecule has 0 saturated heterocycles. The Morgan fingerprint density at radius 2 is 0.860 bits per heavy atom. The molecule has 23 nitrogen and oxygen atoms in total. The highest BCUT2D eigenvalue weighted by Gasteiger charge is 2.30. The smallest absolute Gasteiger partial charge is 0.408 e. The maximum atomic E-state index is 11.8. The Hall–Kier alpha value is -13.4. The number of benzene rings is 10. The van der Waals surface area contributed by atoms with Crippen LogP contribution in [-0.2, 0) is 48.5 Å². The first-order valence-corrected chi connectivity index (χ1v) is 45.7. The summed E-state index contributed by atoms with van der Waals surface area (Å²) in [6.45, 7) is 40.0. The van der Waals surface area contributed by atoms with Crippen molar-refractivity contribution in [1.29, 1.82) is 0 Å². The number of thiazole rings is 1. The van der Waals surface area contributed by atoms with Crippen molar-refractivity contribution in [2.24, 2.45) is 0 Å². The van der Waals surface area contributed by atoms with Gasteiger partial charge in [0.15, 0.2) is 22.4 Å². The summed E-state index contributed by atoms with van der Waals surface area (Å²) in [6, 6.07) is 78.3. The molecule has 0 aliphatic carbocycles. The van der Waals surface area contributed by atoms with E-state index >= 15 is 0 Å². The predicted molar refractivity (Wildman–Crippen MR) is 525 cm³/mol. The summed E-state index contributed by atoms with van der Waals surface area (Å²) in [5.74, 6) is -0.418. The second kappa shape index (κ2) is 43.0. The molecule has 0 bridgehead atoms. The molecule has 10 heterocycles. The number of hydrogen-bond acceptors (Lipinski definition) is 14. The maximum absolute atomic E-state index is 11.8. The fraction of sp³-hybridized carbons (Fsp3) is 0.343. The van der Waals surface area contributed by atoms with E-state index in [1.165, 1.54) is 74.4 Å². The number of nitrogens with one attached hydrogen (secondary N) is 2. The van der Waals surface area contributed by atoms with Crippen LogP contribution in [0.15, 0.2) is 269 Å². The van der Waals surface area contributed by atoms with Crippen LogP contribution in [-0.4, -0.2) is 93.7 Å². The second-order valence-electron chi connectivity index (χ2n) is 35.0. The van der Waals surface area contributed by atoms with Gasteiger partial charge in [0.2, 0.25) is 11.8 Å². The first-order chi connectivity index (χ1) is 61.8. The van der Waals surface area contributed by atoms with Crippen LogP contribution in [0.5, 0.6) is 0 Å². The average Bonchev–Trinajstić information content (AvgIpc) is 1.61. The molecule has 0 unspecified atom stereocenters. The normalized spacial score (nSPS) is 13.8. The molecule has 129 heavy (non-hydrogen) atoms. The van der Waals surface area contributed by atoms with Crippen LogP contribution >= 0.6 is 11.3 Å². The van der Waals surface area contributed by atoms with Crippen molar-refractivity contribution in [3.8, 4) is 0 Å². The predicted octanol–water partition coefficient (Wildman–Crippen LogP) is 22.6. The zero-order valence-corrected chi connectivity index (χ0v) is 78.3. The molecule has 674 valence electrons. The molecule has 2 N–H and O–H groups in total. The van der Waals surface area contributed by atoms with Gasteiger partial charge in [0.1, 0.15) is 0 Å². The van der Waals surface area contributed by atoms with Gasteiger partial charge in [0.25, 0.3) is 0 Å². The summed E-state index contributed by atoms with van der Waals surface area (Å²) in [5, 5.41) is 9.99. The number of carbonyl (C=O) groups excluding carboxylic acids is 4. The molecule has 0 fully saturated rings. The van der Waals surface area contributed by atoms with Gasteiger partial charge in [-0.1, -0.05) is 181 Å². The van der Waals surface area contributed by atoms with Crippen molar-refractivity contribution in [2.45, 2.75) is 231 Å². The van der Waals surface area contributed by atoms with Crippen LogP contribution in [0.2, 0.25) is 0 Å². The molecule has 24 heteroatoms. The fourth-order valence-corrected chi connectivity index (χ4v) is 17.8. The third kappa shape index (κ3) is 22.3. The lowest BCUT2D eigenvalue weighted by Gasteiger charge is -2.34. The molecule has 5 aliphatic rings. The van der Waals surface area contributed by atoms with Crippen LogP contribution in [0.3, 0.4) is 0 Å². The van der Waals surface area contributed by atoms with E-state index in [2.05, 4.69) is 98.5 Å². The average molecular weight is 1760 g/mol. The van der Waals surface area contributed by atoms with E-state index in [1.54, 1.807) is 32.4 Å². The van der Waals surface area contributed by atoms with Gasteiger partial charge in [-0.15, -0.1) is 0 Å². The van der Waals surface area contributed by atoms with Crippen molar-refractivity contribution < 1.29 is 32.4 Å². The summed E-state index contributed by atoms with van der Waals surface area (Å²) in [7, 11) is 0. The highest BCUT2D eigenvalue weighted by Crippen LogP contribution is 2.34. The minimum Gasteiger partial charge on any atom is -0.408 e. The van der Waals surface area contributed by atoms with Gasteiger partial charge < -0.3 is 43.5 Å². The topological polar surface area (TPSA) is 249 Å². The zero-order valence-electron chi connectivity index (χ0n) is 77.4. The van der Waals surface area contributed by atoms with E-state index in [0.717, 1.165) is 72.8 Å². The van der Waals surface area contributed by atoms with Crippen LogP contribution in [0.1, 0.15) is 195 Å². The number of fused-ring (bicyclic) bond motifs is 13. The molecule has 0 spiro atoms. The third-order valence-electron chi connectivity index (χ3n) is 23.0. The number of aromatic nitrogens is 5. The number of oxazole rings is 3. The number of urea groups is 2. The number of aryl methyl sites for hydroxylation is 2. The Morgan fingerprint density at radius 3 is 1.50 bits per heavy atom. The van der Waals surface area contributed by atoms with E-state index in [4.69, 9.17) is 13.3 Å². The quantitative estimate of drug-likeness (QED) is 0.137. The van der Waals surface area contributed by atoms with Gasteiger partial charge in [0.05, 0.1) is 33.4 Å². The van der Waals surface area contributed by atoms with Crippen molar-refractivity contribution >= 4 is 123 Å². The van der Waals surface area contributed by atoms with Crippen molar-refractivity contribution in [3.63, 3.8) is 0 Å². The van der Waals surface area contributed by atoms with Gasteiger partial charge in [-0.05, 0) is 249 Å². The molecule has 5 aliphatic heterocycles. The van der Waals surface area contributed by atoms with E-state index in [0.29, 0.717) is 60.4 Å². The van der Waals surface area contributed by atoms with Crippen LogP contribution in [0, 0.1) is 0 Å². The lowest BCUT2D eigenvalue weighted by Crippen LogP contribution is -2.47. The molecule has 10 aromatic carbocycles. The molecule has 20 rings (SSSR count). The second-order valence-corrected chi connectivity index (χ2v) is 36.0. The molecule has 5 aromatic heterocycles. The Bertz CT molecular complexity index is 6430. The Labute approximate surface area is 758 Å². The Morgan fingerprint density at radius 1 is 0.357 bits per heavy atom. The molecule has 0 atom stereocenters. The minimum atomic E-state index is -0.344. The Kier molecular flexibility index (Phi) is 31.6. The molecular weight excluding hydrogens is 1640 g/mol. The maximum Gasteiger partial charge on any atom is 0.421 e. The van der Waals surface area contributed by atoms with Crippen molar-refractivity contribution in [2.75, 3.05) is 26.6 Å². The third-order valence-corrected chi connectivity index (χ3v) is 24.0. The number of nitrogens with zero attached hydrogens (tertiary/aromatic N) is 10. The monoisotopic (exact) mass is 1760 g/mol. The van der Waals surface area contributed by atoms with Gasteiger partial charge in [-0.25, -0.2) is 29.0 Å². The highest BCUT2D eigenvalue weighted by molar-refractivity contribution is 7.16. The summed E-state index contributed by atoms with van der Waals surface area (Å²) in [5.41, 5.74) is 17.5. The van der Waals surface area contributed by atoms with Crippen LogP contribution in [0.4, 0.5) is 32.3 Å². The first kappa shape index (κ1) is 94.8.